The Balaban J connectivity index is 1.46. The van der Waals surface area contributed by atoms with Crippen molar-refractivity contribution >= 4 is 45.8 Å². The molecule has 0 aliphatic carbocycles. The lowest BCUT2D eigenvalue weighted by atomic mass is 10.1. The van der Waals surface area contributed by atoms with Gasteiger partial charge in [0.1, 0.15) is 10.8 Å². The summed E-state index contributed by atoms with van der Waals surface area (Å²) in [6.07, 6.45) is 1.39. The Kier molecular flexibility index (Phi) is 7.47. The van der Waals surface area contributed by atoms with Crippen LogP contribution in [0.4, 0.5) is 10.7 Å². The van der Waals surface area contributed by atoms with E-state index in [0.717, 1.165) is 22.5 Å². The van der Waals surface area contributed by atoms with Crippen molar-refractivity contribution in [3.8, 4) is 5.75 Å². The van der Waals surface area contributed by atoms with Gasteiger partial charge in [0.25, 0.3) is 5.91 Å². The van der Waals surface area contributed by atoms with E-state index in [1.54, 1.807) is 36.1 Å². The third-order valence-electron chi connectivity index (χ3n) is 4.97. The van der Waals surface area contributed by atoms with Gasteiger partial charge in [-0.15, -0.1) is 11.3 Å². The van der Waals surface area contributed by atoms with Crippen LogP contribution in [0.3, 0.4) is 0 Å². The number of nitrogens with one attached hydrogen (secondary N) is 1. The van der Waals surface area contributed by atoms with E-state index in [9.17, 15) is 19.2 Å². The van der Waals surface area contributed by atoms with E-state index in [1.165, 1.54) is 18.4 Å². The fourth-order valence-corrected chi connectivity index (χ4v) is 4.26. The van der Waals surface area contributed by atoms with Crippen LogP contribution in [0.5, 0.6) is 5.75 Å². The quantitative estimate of drug-likeness (QED) is 0.603. The van der Waals surface area contributed by atoms with E-state index in [1.807, 2.05) is 6.92 Å². The minimum Gasteiger partial charge on any atom is -0.482 e. The molecule has 0 saturated carbocycles. The van der Waals surface area contributed by atoms with Crippen LogP contribution >= 0.6 is 11.3 Å². The Morgan fingerprint density at radius 3 is 2.47 bits per heavy atom. The number of benzene rings is 1. The number of methoxy groups -OCH3 is 1. The predicted octanol–water partition coefficient (Wildman–Crippen LogP) is 2.84. The van der Waals surface area contributed by atoms with Crippen LogP contribution in [0.15, 0.2) is 24.3 Å². The van der Waals surface area contributed by atoms with E-state index in [2.05, 4.69) is 5.32 Å². The van der Waals surface area contributed by atoms with E-state index < -0.39 is 24.5 Å². The van der Waals surface area contributed by atoms with Gasteiger partial charge >= 0.3 is 11.9 Å². The second-order valence-corrected chi connectivity index (χ2v) is 8.34. The molecule has 0 atom stereocenters. The SMILES string of the molecule is COC(=O)c1c(NC(=O)COC(=O)COc2ccc(N3CCCC3=O)cc2)sc(C)c1C. The fraction of sp³-hybridized carbons (Fsp3) is 0.364. The average Bonchev–Trinajstić information content (AvgIpc) is 3.33. The molecule has 9 nitrogen and oxygen atoms in total. The third-order valence-corrected chi connectivity index (χ3v) is 6.09. The summed E-state index contributed by atoms with van der Waals surface area (Å²) in [6.45, 7) is 3.39. The topological polar surface area (TPSA) is 111 Å². The van der Waals surface area contributed by atoms with Gasteiger partial charge < -0.3 is 24.4 Å². The number of anilines is 2. The molecule has 1 fully saturated rings. The number of carbonyl (C=O) groups is 4. The molecular weight excluding hydrogens is 436 g/mol. The summed E-state index contributed by atoms with van der Waals surface area (Å²) in [5.74, 6) is -1.32. The maximum Gasteiger partial charge on any atom is 0.344 e. The number of nitrogens with zero attached hydrogens (tertiary/aromatic N) is 1. The normalized spacial score (nSPS) is 13.1. The van der Waals surface area contributed by atoms with Crippen LogP contribution in [0.25, 0.3) is 0 Å². The summed E-state index contributed by atoms with van der Waals surface area (Å²) in [6, 6.07) is 6.83. The van der Waals surface area contributed by atoms with Gasteiger partial charge in [0.15, 0.2) is 13.2 Å². The first-order valence-electron chi connectivity index (χ1n) is 9.97. The van der Waals surface area contributed by atoms with Crippen molar-refractivity contribution in [1.82, 2.24) is 0 Å². The molecule has 1 aliphatic rings. The molecule has 2 heterocycles. The smallest absolute Gasteiger partial charge is 0.344 e. The zero-order chi connectivity index (χ0) is 23.3. The standard InChI is InChI=1S/C22H24N2O7S/c1-13-14(2)32-21(20(13)22(28)29-3)23-17(25)11-31-19(27)12-30-16-8-6-15(7-9-16)24-10-4-5-18(24)26/h6-9H,4-5,10-12H2,1-3H3,(H,23,25). The number of ether oxygens (including phenoxy) is 3. The molecular formula is C22H24N2O7S. The summed E-state index contributed by atoms with van der Waals surface area (Å²) in [5.41, 5.74) is 1.80. The molecule has 32 heavy (non-hydrogen) atoms. The summed E-state index contributed by atoms with van der Waals surface area (Å²) in [5, 5.41) is 2.93. The minimum atomic E-state index is -0.717. The lowest BCUT2D eigenvalue weighted by molar-refractivity contribution is -0.149. The Morgan fingerprint density at radius 1 is 1.12 bits per heavy atom. The molecule has 1 aromatic carbocycles. The van der Waals surface area contributed by atoms with Crippen LogP contribution in [0, 0.1) is 13.8 Å². The number of aryl methyl sites for hydroxylation is 1. The molecule has 0 spiro atoms. The van der Waals surface area contributed by atoms with Gasteiger partial charge in [-0.05, 0) is 50.1 Å². The number of carbonyl (C=O) groups excluding carboxylic acids is 4. The maximum absolute atomic E-state index is 12.2. The molecule has 0 bridgehead atoms. The molecule has 1 aliphatic heterocycles. The molecule has 0 unspecified atom stereocenters. The highest BCUT2D eigenvalue weighted by atomic mass is 32.1. The van der Waals surface area contributed by atoms with Crippen molar-refractivity contribution in [2.24, 2.45) is 0 Å². The number of esters is 2. The van der Waals surface area contributed by atoms with Crippen LogP contribution < -0.4 is 15.0 Å². The van der Waals surface area contributed by atoms with E-state index in [-0.39, 0.29) is 18.1 Å². The Bertz CT molecular complexity index is 1030. The third kappa shape index (κ3) is 5.44. The zero-order valence-electron chi connectivity index (χ0n) is 18.1. The van der Waals surface area contributed by atoms with Crippen molar-refractivity contribution in [2.75, 3.05) is 37.1 Å². The molecule has 2 amide bonds. The van der Waals surface area contributed by atoms with E-state index in [4.69, 9.17) is 14.2 Å². The van der Waals surface area contributed by atoms with Crippen LogP contribution in [0.2, 0.25) is 0 Å². The number of rotatable bonds is 8. The lowest BCUT2D eigenvalue weighted by Gasteiger charge is -2.16. The first-order valence-corrected chi connectivity index (χ1v) is 10.8. The second kappa shape index (κ2) is 10.3. The largest absolute Gasteiger partial charge is 0.482 e. The summed E-state index contributed by atoms with van der Waals surface area (Å²) in [7, 11) is 1.27. The first kappa shape index (κ1) is 23.3. The van der Waals surface area contributed by atoms with Crippen LogP contribution in [0.1, 0.15) is 33.6 Å². The zero-order valence-corrected chi connectivity index (χ0v) is 18.9. The highest BCUT2D eigenvalue weighted by Gasteiger charge is 2.23. The molecule has 2 aromatic rings. The molecule has 3 rings (SSSR count). The molecule has 1 N–H and O–H groups in total. The average molecular weight is 461 g/mol. The van der Waals surface area contributed by atoms with Gasteiger partial charge in [0.2, 0.25) is 5.91 Å². The van der Waals surface area contributed by atoms with Crippen molar-refractivity contribution in [3.05, 3.63) is 40.3 Å². The summed E-state index contributed by atoms with van der Waals surface area (Å²) >= 11 is 1.24. The Hall–Kier alpha value is -3.40. The van der Waals surface area contributed by atoms with Gasteiger partial charge in [-0.3, -0.25) is 9.59 Å². The number of hydrogen-bond acceptors (Lipinski definition) is 8. The monoisotopic (exact) mass is 460 g/mol. The van der Waals surface area contributed by atoms with Gasteiger partial charge in [-0.1, -0.05) is 0 Å². The van der Waals surface area contributed by atoms with Gasteiger partial charge in [0, 0.05) is 23.5 Å². The van der Waals surface area contributed by atoms with Gasteiger partial charge in [-0.25, -0.2) is 9.59 Å². The fourth-order valence-electron chi connectivity index (χ4n) is 3.20. The van der Waals surface area contributed by atoms with Gasteiger partial charge in [0.05, 0.1) is 12.7 Å². The second-order valence-electron chi connectivity index (χ2n) is 7.12. The number of amides is 2. The molecule has 10 heteroatoms. The lowest BCUT2D eigenvalue weighted by Crippen LogP contribution is -2.24. The van der Waals surface area contributed by atoms with Crippen molar-refractivity contribution < 1.29 is 33.4 Å². The highest BCUT2D eigenvalue weighted by molar-refractivity contribution is 7.16. The minimum absolute atomic E-state index is 0.0899. The summed E-state index contributed by atoms with van der Waals surface area (Å²) < 4.78 is 15.1. The van der Waals surface area contributed by atoms with E-state index >= 15 is 0 Å². The van der Waals surface area contributed by atoms with Crippen LogP contribution in [-0.4, -0.2) is 50.6 Å². The van der Waals surface area contributed by atoms with E-state index in [0.29, 0.717) is 23.7 Å². The van der Waals surface area contributed by atoms with Crippen molar-refractivity contribution in [2.45, 2.75) is 26.7 Å². The van der Waals surface area contributed by atoms with Crippen molar-refractivity contribution in [3.63, 3.8) is 0 Å². The molecule has 0 radical (unpaired) electrons. The molecule has 1 aromatic heterocycles. The number of thiophene rings is 1. The summed E-state index contributed by atoms with van der Waals surface area (Å²) in [4.78, 5) is 50.4. The predicted molar refractivity (Wildman–Crippen MR) is 118 cm³/mol. The Labute approximate surface area is 189 Å². The van der Waals surface area contributed by atoms with Crippen molar-refractivity contribution in [1.29, 1.82) is 0 Å². The first-order chi connectivity index (χ1) is 15.3. The Morgan fingerprint density at radius 2 is 1.84 bits per heavy atom. The van der Waals surface area contributed by atoms with Crippen LogP contribution in [-0.2, 0) is 23.9 Å². The van der Waals surface area contributed by atoms with Gasteiger partial charge in [-0.2, -0.15) is 0 Å². The number of hydrogen-bond donors (Lipinski definition) is 1. The maximum atomic E-state index is 12.2. The molecule has 170 valence electrons. The highest BCUT2D eigenvalue weighted by Crippen LogP contribution is 2.32. The molecule has 1 saturated heterocycles.